The van der Waals surface area contributed by atoms with Gasteiger partial charge >= 0.3 is 12.1 Å². The topological polar surface area (TPSA) is 95.3 Å². The van der Waals surface area contributed by atoms with E-state index >= 15 is 0 Å². The maximum absolute atomic E-state index is 13.3. The molecule has 0 aliphatic heterocycles. The zero-order chi connectivity index (χ0) is 26.1. The van der Waals surface area contributed by atoms with E-state index in [1.165, 1.54) is 0 Å². The smallest absolute Gasteiger partial charge is 0.433 e. The molecule has 4 rings (SSSR count). The third-order valence-electron chi connectivity index (χ3n) is 7.01. The molecule has 36 heavy (non-hydrogen) atoms. The molecule has 0 spiro atoms. The molecule has 6 nitrogen and oxygen atoms in total. The third-order valence-corrected chi connectivity index (χ3v) is 7.01. The second kappa shape index (κ2) is 9.89. The van der Waals surface area contributed by atoms with E-state index < -0.39 is 29.4 Å². The maximum Gasteiger partial charge on any atom is 0.433 e. The van der Waals surface area contributed by atoms with Gasteiger partial charge in [-0.3, -0.25) is 4.79 Å². The van der Waals surface area contributed by atoms with Crippen LogP contribution in [0, 0.1) is 18.8 Å². The fourth-order valence-electron chi connectivity index (χ4n) is 5.16. The molecular weight excluding hydrogens is 471 g/mol. The van der Waals surface area contributed by atoms with Crippen LogP contribution < -0.4 is 5.32 Å². The summed E-state index contributed by atoms with van der Waals surface area (Å²) >= 11 is 0. The number of carboxylic acids is 1. The highest BCUT2D eigenvalue weighted by Crippen LogP contribution is 2.46. The number of alkyl halides is 3. The first-order valence-electron chi connectivity index (χ1n) is 11.8. The second-order valence-corrected chi connectivity index (χ2v) is 9.50. The van der Waals surface area contributed by atoms with Crippen LogP contribution in [0.2, 0.25) is 0 Å². The van der Waals surface area contributed by atoms with Crippen LogP contribution in [0.4, 0.5) is 24.8 Å². The summed E-state index contributed by atoms with van der Waals surface area (Å²) in [4.78, 5) is 19.0. The van der Waals surface area contributed by atoms with E-state index in [2.05, 4.69) is 15.3 Å². The lowest BCUT2D eigenvalue weighted by Gasteiger charge is -2.39. The predicted molar refractivity (Wildman–Crippen MR) is 130 cm³/mol. The molecule has 190 valence electrons. The zero-order valence-corrected chi connectivity index (χ0v) is 20.0. The fourth-order valence-corrected chi connectivity index (χ4v) is 5.16. The Balaban J connectivity index is 1.78. The quantitative estimate of drug-likeness (QED) is 0.368. The van der Waals surface area contributed by atoms with Crippen LogP contribution in [0.25, 0.3) is 11.1 Å². The second-order valence-electron chi connectivity index (χ2n) is 9.50. The van der Waals surface area contributed by atoms with Gasteiger partial charge in [0.15, 0.2) is 0 Å². The Morgan fingerprint density at radius 2 is 1.69 bits per heavy atom. The molecule has 0 saturated heterocycles. The molecule has 2 aromatic carbocycles. The lowest BCUT2D eigenvalue weighted by Crippen LogP contribution is -2.37. The summed E-state index contributed by atoms with van der Waals surface area (Å²) in [7, 11) is 0. The molecule has 3 aromatic rings. The van der Waals surface area contributed by atoms with Crippen LogP contribution in [0.5, 0.6) is 0 Å². The first kappa shape index (κ1) is 25.6. The van der Waals surface area contributed by atoms with Crippen LogP contribution in [0.1, 0.15) is 49.4 Å². The molecule has 0 radical (unpaired) electrons. The van der Waals surface area contributed by atoms with E-state index in [1.807, 2.05) is 43.3 Å². The molecule has 1 aliphatic rings. The molecule has 3 N–H and O–H groups in total. The number of carbonyl (C=O) groups is 1. The molecule has 1 saturated carbocycles. The highest BCUT2D eigenvalue weighted by Gasteiger charge is 2.40. The first-order valence-corrected chi connectivity index (χ1v) is 11.8. The number of nitrogens with zero attached hydrogens (tertiary/aromatic N) is 2. The number of halogens is 3. The van der Waals surface area contributed by atoms with Gasteiger partial charge in [-0.15, -0.1) is 0 Å². The van der Waals surface area contributed by atoms with Gasteiger partial charge in [-0.25, -0.2) is 9.97 Å². The van der Waals surface area contributed by atoms with Crippen molar-refractivity contribution < 1.29 is 28.2 Å². The van der Waals surface area contributed by atoms with E-state index in [1.54, 1.807) is 13.0 Å². The molecule has 1 fully saturated rings. The third kappa shape index (κ3) is 5.36. The summed E-state index contributed by atoms with van der Waals surface area (Å²) in [5.41, 5.74) is 0.957. The Morgan fingerprint density at radius 1 is 1.03 bits per heavy atom. The van der Waals surface area contributed by atoms with Crippen molar-refractivity contribution in [3.63, 3.8) is 0 Å². The minimum Gasteiger partial charge on any atom is -0.481 e. The van der Waals surface area contributed by atoms with Gasteiger partial charge < -0.3 is 15.5 Å². The largest absolute Gasteiger partial charge is 0.481 e. The zero-order valence-electron chi connectivity index (χ0n) is 20.0. The molecule has 1 atom stereocenters. The van der Waals surface area contributed by atoms with Crippen LogP contribution in [-0.4, -0.2) is 26.2 Å². The number of hydrogen-bond acceptors (Lipinski definition) is 5. The van der Waals surface area contributed by atoms with Gasteiger partial charge in [0.25, 0.3) is 0 Å². The highest BCUT2D eigenvalue weighted by molar-refractivity contribution is 5.75. The van der Waals surface area contributed by atoms with Gasteiger partial charge in [-0.2, -0.15) is 13.2 Å². The van der Waals surface area contributed by atoms with Crippen LogP contribution in [0.3, 0.4) is 0 Å². The number of aliphatic hydroxyl groups is 1. The summed E-state index contributed by atoms with van der Waals surface area (Å²) in [6.45, 7) is 3.53. The number of carboxylic acid groups (broad SMARTS) is 1. The number of aryl methyl sites for hydroxylation is 1. The normalized spacial score (nSPS) is 19.9. The van der Waals surface area contributed by atoms with E-state index in [-0.39, 0.29) is 11.9 Å². The van der Waals surface area contributed by atoms with Crippen molar-refractivity contribution >= 4 is 17.6 Å². The maximum atomic E-state index is 13.3. The van der Waals surface area contributed by atoms with Crippen molar-refractivity contribution in [3.05, 3.63) is 71.5 Å². The monoisotopic (exact) mass is 499 g/mol. The van der Waals surface area contributed by atoms with E-state index in [0.717, 1.165) is 29.0 Å². The van der Waals surface area contributed by atoms with Crippen molar-refractivity contribution in [1.29, 1.82) is 0 Å². The van der Waals surface area contributed by atoms with Gasteiger partial charge in [0, 0.05) is 17.4 Å². The Kier molecular flexibility index (Phi) is 7.04. The Bertz CT molecular complexity index is 1240. The van der Waals surface area contributed by atoms with Crippen LogP contribution in [0.15, 0.2) is 54.7 Å². The number of rotatable bonds is 6. The van der Waals surface area contributed by atoms with Crippen molar-refractivity contribution in [2.75, 3.05) is 5.32 Å². The average Bonchev–Trinajstić information content (AvgIpc) is 2.84. The SMILES string of the molecule is Cc1cc(-c2ccccc2)cc(Nc2nccc(C(F)(F)F)n2)c1[C@](C)(O)[C@H]1CC[C@H](C(=O)O)CC1. The van der Waals surface area contributed by atoms with Crippen LogP contribution in [-0.2, 0) is 16.6 Å². The molecule has 0 bridgehead atoms. The minimum absolute atomic E-state index is 0.225. The number of nitrogens with one attached hydrogen (secondary N) is 1. The average molecular weight is 500 g/mol. The lowest BCUT2D eigenvalue weighted by atomic mass is 9.70. The van der Waals surface area contributed by atoms with Gasteiger partial charge in [0.2, 0.25) is 5.95 Å². The lowest BCUT2D eigenvalue weighted by molar-refractivity contribution is -0.144. The highest BCUT2D eigenvalue weighted by atomic mass is 19.4. The van der Waals surface area contributed by atoms with Gasteiger partial charge in [-0.1, -0.05) is 36.4 Å². The summed E-state index contributed by atoms with van der Waals surface area (Å²) in [6, 6.07) is 14.0. The molecule has 1 heterocycles. The van der Waals surface area contributed by atoms with E-state index in [4.69, 9.17) is 0 Å². The number of benzene rings is 2. The Morgan fingerprint density at radius 3 is 2.31 bits per heavy atom. The Hall–Kier alpha value is -3.46. The number of aliphatic carboxylic acids is 1. The summed E-state index contributed by atoms with van der Waals surface area (Å²) in [5.74, 6) is -1.73. The summed E-state index contributed by atoms with van der Waals surface area (Å²) in [6.07, 6.45) is -1.64. The molecule has 0 unspecified atom stereocenters. The van der Waals surface area contributed by atoms with Crippen LogP contribution >= 0.6 is 0 Å². The van der Waals surface area contributed by atoms with E-state index in [9.17, 15) is 28.2 Å². The molecular formula is C27H28F3N3O3. The molecule has 1 aliphatic carbocycles. The summed E-state index contributed by atoms with van der Waals surface area (Å²) < 4.78 is 39.8. The Labute approximate surface area is 207 Å². The van der Waals surface area contributed by atoms with Gasteiger partial charge in [0.05, 0.1) is 11.5 Å². The van der Waals surface area contributed by atoms with Gasteiger partial charge in [-0.05, 0) is 74.3 Å². The van der Waals surface area contributed by atoms with Crippen molar-refractivity contribution in [2.24, 2.45) is 11.8 Å². The summed E-state index contributed by atoms with van der Waals surface area (Å²) in [5, 5.41) is 24.1. The number of anilines is 2. The number of aromatic nitrogens is 2. The molecule has 9 heteroatoms. The molecule has 1 aromatic heterocycles. The fraction of sp³-hybridized carbons (Fsp3) is 0.370. The van der Waals surface area contributed by atoms with Crippen molar-refractivity contribution in [2.45, 2.75) is 51.3 Å². The van der Waals surface area contributed by atoms with Crippen molar-refractivity contribution in [3.8, 4) is 11.1 Å². The van der Waals surface area contributed by atoms with Gasteiger partial charge in [0.1, 0.15) is 5.69 Å². The minimum atomic E-state index is -4.63. The standard InChI is InChI=1S/C27H28F3N3O3/c1-16-14-19(17-6-4-3-5-7-17)15-21(32-25-31-13-12-22(33-25)27(28,29)30)23(16)26(2,36)20-10-8-18(9-11-20)24(34)35/h3-7,12-15,18,20,36H,8-11H2,1-2H3,(H,34,35)(H,31,32,33)/t18-,20-,26-/m1/s1. The van der Waals surface area contributed by atoms with E-state index in [0.29, 0.717) is 36.9 Å². The first-order chi connectivity index (χ1) is 17.0. The van der Waals surface area contributed by atoms with Crippen molar-refractivity contribution in [1.82, 2.24) is 9.97 Å². The predicted octanol–water partition coefficient (Wildman–Crippen LogP) is 6.31. The molecule has 0 amide bonds. The number of hydrogen-bond donors (Lipinski definition) is 3.